The highest BCUT2D eigenvalue weighted by molar-refractivity contribution is 9.09. The highest BCUT2D eigenvalue weighted by atomic mass is 79.9. The van der Waals surface area contributed by atoms with Gasteiger partial charge in [0, 0.05) is 29.5 Å². The van der Waals surface area contributed by atoms with Crippen molar-refractivity contribution in [2.75, 3.05) is 18.4 Å². The number of rotatable bonds is 6. The van der Waals surface area contributed by atoms with Crippen LogP contribution in [0.1, 0.15) is 18.2 Å². The van der Waals surface area contributed by atoms with Gasteiger partial charge in [0.25, 0.3) is 0 Å². The van der Waals surface area contributed by atoms with Gasteiger partial charge in [0.2, 0.25) is 0 Å². The molecule has 0 fully saturated rings. The fraction of sp³-hybridized carbons (Fsp3) is 0.667. The van der Waals surface area contributed by atoms with Crippen LogP contribution in [0, 0.1) is 0 Å². The summed E-state index contributed by atoms with van der Waals surface area (Å²) in [4.78, 5) is 7.88. The molecule has 0 saturated heterocycles. The molecule has 1 aromatic rings. The van der Waals surface area contributed by atoms with Crippen LogP contribution in [0.4, 0.5) is 0 Å². The van der Waals surface area contributed by atoms with E-state index in [-0.39, 0.29) is 0 Å². The molecular formula is C9H15BrN2S. The zero-order valence-electron chi connectivity index (χ0n) is 7.87. The van der Waals surface area contributed by atoms with E-state index >= 15 is 0 Å². The summed E-state index contributed by atoms with van der Waals surface area (Å²) in [5, 5.41) is 1.05. The van der Waals surface area contributed by atoms with Crippen LogP contribution >= 0.6 is 27.3 Å². The Balaban J connectivity index is 2.37. The van der Waals surface area contributed by atoms with E-state index in [0.717, 1.165) is 18.4 Å². The Morgan fingerprint density at radius 3 is 2.92 bits per heavy atom. The molecule has 0 amide bonds. The Kier molecular flexibility index (Phi) is 5.58. The number of hydrogen-bond donors (Lipinski definition) is 0. The van der Waals surface area contributed by atoms with Gasteiger partial charge >= 0.3 is 0 Å². The van der Waals surface area contributed by atoms with Gasteiger partial charge in [-0.15, -0.1) is 11.3 Å². The highest BCUT2D eigenvalue weighted by Gasteiger charge is 2.04. The van der Waals surface area contributed by atoms with Gasteiger partial charge in [0.15, 0.2) is 0 Å². The van der Waals surface area contributed by atoms with E-state index in [1.54, 1.807) is 11.3 Å². The molecule has 1 heterocycles. The third-order valence-corrected chi connectivity index (χ3v) is 2.92. The first-order valence-electron chi connectivity index (χ1n) is 4.52. The molecule has 0 aromatic carbocycles. The summed E-state index contributed by atoms with van der Waals surface area (Å²) in [6, 6.07) is 0. The molecule has 2 nitrogen and oxygen atoms in total. The molecule has 0 bridgehead atoms. The molecule has 0 spiro atoms. The van der Waals surface area contributed by atoms with Crippen LogP contribution in [0.15, 0.2) is 11.7 Å². The molecule has 0 N–H and O–H groups in total. The van der Waals surface area contributed by atoms with Crippen molar-refractivity contribution in [1.29, 1.82) is 0 Å². The number of thiazole rings is 1. The lowest BCUT2D eigenvalue weighted by Gasteiger charge is -2.18. The summed E-state index contributed by atoms with van der Waals surface area (Å²) < 4.78 is 0. The summed E-state index contributed by atoms with van der Waals surface area (Å²) in [6.45, 7) is 5.55. The SMILES string of the molecule is CCCN(CCBr)Cc1cncs1. The van der Waals surface area contributed by atoms with Crippen molar-refractivity contribution >= 4 is 27.3 Å². The zero-order chi connectivity index (χ0) is 9.52. The highest BCUT2D eigenvalue weighted by Crippen LogP contribution is 2.09. The minimum atomic E-state index is 1.05. The Hall–Kier alpha value is 0.0700. The molecular weight excluding hydrogens is 248 g/mol. The van der Waals surface area contributed by atoms with Crippen LogP contribution < -0.4 is 0 Å². The van der Waals surface area contributed by atoms with E-state index in [1.165, 1.54) is 17.8 Å². The van der Waals surface area contributed by atoms with E-state index in [9.17, 15) is 0 Å². The normalized spacial score (nSPS) is 11.0. The average Bonchev–Trinajstić information content (AvgIpc) is 2.58. The molecule has 0 radical (unpaired) electrons. The molecule has 13 heavy (non-hydrogen) atoms. The van der Waals surface area contributed by atoms with Crippen LogP contribution in [0.25, 0.3) is 0 Å². The number of alkyl halides is 1. The molecule has 4 heteroatoms. The van der Waals surface area contributed by atoms with E-state index < -0.39 is 0 Å². The van der Waals surface area contributed by atoms with Gasteiger partial charge in [-0.2, -0.15) is 0 Å². The molecule has 74 valence electrons. The Labute approximate surface area is 92.1 Å². The van der Waals surface area contributed by atoms with Crippen LogP contribution in [0.2, 0.25) is 0 Å². The fourth-order valence-electron chi connectivity index (χ4n) is 1.25. The van der Waals surface area contributed by atoms with Crippen molar-refractivity contribution in [3.63, 3.8) is 0 Å². The first kappa shape index (κ1) is 11.1. The van der Waals surface area contributed by atoms with Crippen molar-refractivity contribution in [3.8, 4) is 0 Å². The lowest BCUT2D eigenvalue weighted by molar-refractivity contribution is 0.286. The van der Waals surface area contributed by atoms with Gasteiger partial charge in [-0.05, 0) is 13.0 Å². The maximum absolute atomic E-state index is 4.08. The monoisotopic (exact) mass is 262 g/mol. The molecule has 1 rings (SSSR count). The van der Waals surface area contributed by atoms with E-state index in [0.29, 0.717) is 0 Å². The molecule has 0 aliphatic rings. The topological polar surface area (TPSA) is 16.1 Å². The van der Waals surface area contributed by atoms with Gasteiger partial charge in [-0.25, -0.2) is 0 Å². The van der Waals surface area contributed by atoms with E-state index in [1.807, 2.05) is 11.7 Å². The van der Waals surface area contributed by atoms with Crippen LogP contribution in [0.3, 0.4) is 0 Å². The van der Waals surface area contributed by atoms with Crippen LogP contribution in [-0.2, 0) is 6.54 Å². The first-order chi connectivity index (χ1) is 6.36. The van der Waals surface area contributed by atoms with Crippen molar-refractivity contribution in [1.82, 2.24) is 9.88 Å². The fourth-order valence-corrected chi connectivity index (χ4v) is 2.38. The van der Waals surface area contributed by atoms with Crippen molar-refractivity contribution in [2.45, 2.75) is 19.9 Å². The smallest absolute Gasteiger partial charge is 0.0794 e. The van der Waals surface area contributed by atoms with Gasteiger partial charge in [-0.1, -0.05) is 22.9 Å². The van der Waals surface area contributed by atoms with Crippen molar-refractivity contribution < 1.29 is 0 Å². The maximum atomic E-state index is 4.08. The number of nitrogens with zero attached hydrogens (tertiary/aromatic N) is 2. The standard InChI is InChI=1S/C9H15BrN2S/c1-2-4-12(5-3-10)7-9-6-11-8-13-9/h6,8H,2-5,7H2,1H3. The van der Waals surface area contributed by atoms with Crippen molar-refractivity contribution in [2.24, 2.45) is 0 Å². The van der Waals surface area contributed by atoms with Crippen LogP contribution in [0.5, 0.6) is 0 Å². The summed E-state index contributed by atoms with van der Waals surface area (Å²) in [6.07, 6.45) is 3.17. The number of aromatic nitrogens is 1. The summed E-state index contributed by atoms with van der Waals surface area (Å²) in [5.41, 5.74) is 1.90. The summed E-state index contributed by atoms with van der Waals surface area (Å²) in [7, 11) is 0. The molecule has 0 unspecified atom stereocenters. The lowest BCUT2D eigenvalue weighted by Crippen LogP contribution is -2.25. The third kappa shape index (κ3) is 4.20. The van der Waals surface area contributed by atoms with E-state index in [4.69, 9.17) is 0 Å². The Morgan fingerprint density at radius 2 is 2.38 bits per heavy atom. The molecule has 0 atom stereocenters. The minimum Gasteiger partial charge on any atom is -0.297 e. The second kappa shape index (κ2) is 6.51. The van der Waals surface area contributed by atoms with Gasteiger partial charge < -0.3 is 0 Å². The van der Waals surface area contributed by atoms with E-state index in [2.05, 4.69) is 32.7 Å². The number of hydrogen-bond acceptors (Lipinski definition) is 3. The number of halogens is 1. The zero-order valence-corrected chi connectivity index (χ0v) is 10.3. The third-order valence-electron chi connectivity index (χ3n) is 1.80. The lowest BCUT2D eigenvalue weighted by atomic mass is 10.4. The molecule has 0 aliphatic heterocycles. The predicted octanol–water partition coefficient (Wildman–Crippen LogP) is 2.75. The molecule has 0 saturated carbocycles. The first-order valence-corrected chi connectivity index (χ1v) is 6.52. The quantitative estimate of drug-likeness (QED) is 0.734. The van der Waals surface area contributed by atoms with Crippen LogP contribution in [-0.4, -0.2) is 28.3 Å². The summed E-state index contributed by atoms with van der Waals surface area (Å²) in [5.74, 6) is 0. The maximum Gasteiger partial charge on any atom is 0.0794 e. The van der Waals surface area contributed by atoms with Gasteiger partial charge in [-0.3, -0.25) is 9.88 Å². The average molecular weight is 263 g/mol. The Bertz CT molecular complexity index is 207. The second-order valence-electron chi connectivity index (χ2n) is 2.93. The summed E-state index contributed by atoms with van der Waals surface area (Å²) >= 11 is 5.21. The molecule has 0 aliphatic carbocycles. The van der Waals surface area contributed by atoms with Crippen molar-refractivity contribution in [3.05, 3.63) is 16.6 Å². The molecule has 1 aromatic heterocycles. The largest absolute Gasteiger partial charge is 0.297 e. The van der Waals surface area contributed by atoms with Gasteiger partial charge in [0.1, 0.15) is 0 Å². The minimum absolute atomic E-state index is 1.05. The predicted molar refractivity (Wildman–Crippen MR) is 61.5 cm³/mol. The Morgan fingerprint density at radius 1 is 1.54 bits per heavy atom. The van der Waals surface area contributed by atoms with Gasteiger partial charge in [0.05, 0.1) is 5.51 Å². The second-order valence-corrected chi connectivity index (χ2v) is 4.70.